The fraction of sp³-hybridized carbons (Fsp3) is 1.00. The monoisotopic (exact) mass is 216 g/mol. The molecule has 0 aliphatic heterocycles. The standard InChI is InChI=1S/C10H22N3O2/c1-9(2,14)6-8-15-10(3,4)5-7-12-13-11/h11,14H,5-8H2,1-4H3/q+1. The van der Waals surface area contributed by atoms with Crippen molar-refractivity contribution in [3.63, 3.8) is 0 Å². The SMILES string of the molecule is CC(C)(O)CCOC(C)(C)CCN=[N+]=N. The number of hydrogen-bond donors (Lipinski definition) is 2. The maximum Gasteiger partial charge on any atom is 0.214 e. The lowest BCUT2D eigenvalue weighted by Crippen LogP contribution is -2.29. The van der Waals surface area contributed by atoms with Crippen LogP contribution in [0.15, 0.2) is 5.11 Å². The second-order valence-corrected chi connectivity index (χ2v) is 4.89. The summed E-state index contributed by atoms with van der Waals surface area (Å²) >= 11 is 0. The molecule has 0 fully saturated rings. The van der Waals surface area contributed by atoms with Gasteiger partial charge in [0.1, 0.15) is 17.2 Å². The summed E-state index contributed by atoms with van der Waals surface area (Å²) in [5.41, 5.74) is 5.55. The van der Waals surface area contributed by atoms with Crippen molar-refractivity contribution in [2.24, 2.45) is 5.11 Å². The van der Waals surface area contributed by atoms with Gasteiger partial charge in [-0.25, -0.2) is 0 Å². The van der Waals surface area contributed by atoms with Crippen LogP contribution in [0.5, 0.6) is 0 Å². The van der Waals surface area contributed by atoms with Gasteiger partial charge in [0.2, 0.25) is 4.91 Å². The van der Waals surface area contributed by atoms with Crippen LogP contribution in [0.3, 0.4) is 0 Å². The second-order valence-electron chi connectivity index (χ2n) is 4.89. The molecule has 0 aromatic carbocycles. The topological polar surface area (TPSA) is 79.8 Å². The molecule has 0 radical (unpaired) electrons. The zero-order valence-corrected chi connectivity index (χ0v) is 10.1. The van der Waals surface area contributed by atoms with Crippen molar-refractivity contribution in [3.05, 3.63) is 0 Å². The van der Waals surface area contributed by atoms with Crippen molar-refractivity contribution >= 4 is 0 Å². The summed E-state index contributed by atoms with van der Waals surface area (Å²) in [5.74, 6) is 0. The number of nitrogens with one attached hydrogen (secondary N) is 1. The van der Waals surface area contributed by atoms with Crippen LogP contribution in [-0.2, 0) is 4.74 Å². The van der Waals surface area contributed by atoms with Crippen molar-refractivity contribution in [2.75, 3.05) is 13.2 Å². The molecule has 0 amide bonds. The number of ether oxygens (including phenoxy) is 1. The predicted octanol–water partition coefficient (Wildman–Crippen LogP) is 1.88. The van der Waals surface area contributed by atoms with Crippen molar-refractivity contribution in [3.8, 4) is 0 Å². The highest BCUT2D eigenvalue weighted by atomic mass is 16.5. The molecule has 0 aromatic rings. The molecule has 15 heavy (non-hydrogen) atoms. The Kier molecular flexibility index (Phi) is 5.65. The summed E-state index contributed by atoms with van der Waals surface area (Å²) in [5, 5.41) is 13.1. The first kappa shape index (κ1) is 14.2. The summed E-state index contributed by atoms with van der Waals surface area (Å²) < 4.78 is 5.63. The van der Waals surface area contributed by atoms with Gasteiger partial charge in [-0.2, -0.15) is 0 Å². The van der Waals surface area contributed by atoms with Gasteiger partial charge in [0.15, 0.2) is 0 Å². The maximum absolute atomic E-state index is 9.49. The molecule has 0 atom stereocenters. The largest absolute Gasteiger partial charge is 0.390 e. The average Bonchev–Trinajstić information content (AvgIpc) is 2.01. The van der Waals surface area contributed by atoms with E-state index >= 15 is 0 Å². The van der Waals surface area contributed by atoms with Crippen LogP contribution in [0.25, 0.3) is 0 Å². The van der Waals surface area contributed by atoms with Gasteiger partial charge in [-0.1, -0.05) is 0 Å². The van der Waals surface area contributed by atoms with Gasteiger partial charge in [-0.15, -0.1) is 0 Å². The molecule has 0 saturated heterocycles. The Morgan fingerprint density at radius 3 is 2.33 bits per heavy atom. The van der Waals surface area contributed by atoms with E-state index in [0.29, 0.717) is 19.6 Å². The lowest BCUT2D eigenvalue weighted by atomic mass is 10.0. The van der Waals surface area contributed by atoms with E-state index in [9.17, 15) is 5.11 Å². The van der Waals surface area contributed by atoms with E-state index in [0.717, 1.165) is 6.42 Å². The summed E-state index contributed by atoms with van der Waals surface area (Å²) in [4.78, 5) is 2.94. The Labute approximate surface area is 91.1 Å². The van der Waals surface area contributed by atoms with Crippen LogP contribution in [0, 0.1) is 5.53 Å². The van der Waals surface area contributed by atoms with Crippen LogP contribution in [0.1, 0.15) is 40.5 Å². The van der Waals surface area contributed by atoms with E-state index in [2.05, 4.69) is 10.0 Å². The summed E-state index contributed by atoms with van der Waals surface area (Å²) in [6.07, 6.45) is 1.33. The Bertz CT molecular complexity index is 227. The molecule has 0 spiro atoms. The maximum atomic E-state index is 9.49. The Balaban J connectivity index is 3.78. The summed E-state index contributed by atoms with van der Waals surface area (Å²) in [7, 11) is 0. The van der Waals surface area contributed by atoms with Crippen molar-refractivity contribution in [2.45, 2.75) is 51.7 Å². The van der Waals surface area contributed by atoms with E-state index in [4.69, 9.17) is 10.3 Å². The lowest BCUT2D eigenvalue weighted by Gasteiger charge is -2.26. The highest BCUT2D eigenvalue weighted by Crippen LogP contribution is 2.16. The Hall–Kier alpha value is -0.770. The first-order valence-corrected chi connectivity index (χ1v) is 5.16. The molecule has 5 heteroatoms. The van der Waals surface area contributed by atoms with Crippen molar-refractivity contribution < 1.29 is 9.84 Å². The second kappa shape index (κ2) is 5.95. The van der Waals surface area contributed by atoms with Gasteiger partial charge in [0.05, 0.1) is 17.8 Å². The molecule has 2 N–H and O–H groups in total. The Morgan fingerprint density at radius 1 is 1.27 bits per heavy atom. The van der Waals surface area contributed by atoms with Gasteiger partial charge < -0.3 is 9.84 Å². The van der Waals surface area contributed by atoms with Gasteiger partial charge in [-0.3, -0.25) is 0 Å². The van der Waals surface area contributed by atoms with Gasteiger partial charge in [0.25, 0.3) is 0 Å². The average molecular weight is 216 g/mol. The number of rotatable bonds is 7. The summed E-state index contributed by atoms with van der Waals surface area (Å²) in [6.45, 7) is 8.48. The number of aliphatic hydroxyl groups is 1. The minimum Gasteiger partial charge on any atom is -0.390 e. The highest BCUT2D eigenvalue weighted by Gasteiger charge is 2.20. The van der Waals surface area contributed by atoms with Crippen LogP contribution < -0.4 is 4.91 Å². The van der Waals surface area contributed by atoms with E-state index in [1.54, 1.807) is 13.8 Å². The van der Waals surface area contributed by atoms with E-state index in [1.165, 1.54) is 0 Å². The molecule has 88 valence electrons. The molecule has 0 aliphatic rings. The van der Waals surface area contributed by atoms with Crippen molar-refractivity contribution in [1.82, 2.24) is 4.91 Å². The minimum atomic E-state index is -0.684. The van der Waals surface area contributed by atoms with Gasteiger partial charge in [-0.05, 0) is 34.1 Å². The molecule has 5 nitrogen and oxygen atoms in total. The zero-order valence-electron chi connectivity index (χ0n) is 10.1. The molecule has 0 aromatic heterocycles. The quantitative estimate of drug-likeness (QED) is 0.503. The van der Waals surface area contributed by atoms with Crippen molar-refractivity contribution in [1.29, 1.82) is 5.53 Å². The lowest BCUT2D eigenvalue weighted by molar-refractivity contribution is -0.0486. The van der Waals surface area contributed by atoms with Gasteiger partial charge in [0, 0.05) is 6.42 Å². The first-order chi connectivity index (χ1) is 6.77. The molecule has 0 heterocycles. The predicted molar refractivity (Wildman–Crippen MR) is 57.7 cm³/mol. The number of nitrogens with zero attached hydrogens (tertiary/aromatic N) is 2. The van der Waals surface area contributed by atoms with Crippen LogP contribution in [0.4, 0.5) is 0 Å². The molecule has 0 rings (SSSR count). The fourth-order valence-electron chi connectivity index (χ4n) is 1.02. The normalized spacial score (nSPS) is 12.3. The van der Waals surface area contributed by atoms with Crippen LogP contribution in [-0.4, -0.2) is 29.5 Å². The third-order valence-corrected chi connectivity index (χ3v) is 2.09. The first-order valence-electron chi connectivity index (χ1n) is 5.16. The van der Waals surface area contributed by atoms with E-state index in [1.807, 2.05) is 13.8 Å². The third kappa shape index (κ3) is 9.53. The fourth-order valence-corrected chi connectivity index (χ4v) is 1.02. The highest BCUT2D eigenvalue weighted by molar-refractivity contribution is 4.71. The van der Waals surface area contributed by atoms with Crippen LogP contribution in [0.2, 0.25) is 0 Å². The molecule has 0 unspecified atom stereocenters. The summed E-state index contributed by atoms with van der Waals surface area (Å²) in [6, 6.07) is 0. The third-order valence-electron chi connectivity index (χ3n) is 2.09. The molecular formula is C10H22N3O2+. The zero-order chi connectivity index (χ0) is 11.9. The van der Waals surface area contributed by atoms with Crippen LogP contribution >= 0.6 is 0 Å². The van der Waals surface area contributed by atoms with Gasteiger partial charge >= 0.3 is 0 Å². The minimum absolute atomic E-state index is 0.278. The smallest absolute Gasteiger partial charge is 0.214 e. The molecular weight excluding hydrogens is 194 g/mol. The van der Waals surface area contributed by atoms with E-state index < -0.39 is 5.60 Å². The number of hydrogen-bond acceptors (Lipinski definition) is 4. The van der Waals surface area contributed by atoms with E-state index in [-0.39, 0.29) is 5.60 Å². The molecule has 0 saturated carbocycles. The Morgan fingerprint density at radius 2 is 1.87 bits per heavy atom. The molecule has 0 bridgehead atoms. The molecule has 0 aliphatic carbocycles.